The molecule has 5 heteroatoms. The van der Waals surface area contributed by atoms with E-state index in [-0.39, 0.29) is 17.5 Å². The van der Waals surface area contributed by atoms with E-state index in [9.17, 15) is 14.7 Å². The minimum absolute atomic E-state index is 0.104. The van der Waals surface area contributed by atoms with E-state index in [1.165, 1.54) is 17.8 Å². The van der Waals surface area contributed by atoms with Crippen LogP contribution in [0.3, 0.4) is 0 Å². The lowest BCUT2D eigenvalue weighted by molar-refractivity contribution is 0.0694. The molecule has 1 N–H and O–H groups in total. The average Bonchev–Trinajstić information content (AvgIpc) is 2.61. The number of hydrogen-bond donors (Lipinski definition) is 1. The van der Waals surface area contributed by atoms with Crippen LogP contribution >= 0.6 is 11.8 Å². The summed E-state index contributed by atoms with van der Waals surface area (Å²) >= 11 is 1.52. The molecule has 0 bridgehead atoms. The third-order valence-corrected chi connectivity index (χ3v) is 4.89. The largest absolute Gasteiger partial charge is 0.490 e. The van der Waals surface area contributed by atoms with Gasteiger partial charge in [-0.25, -0.2) is 4.79 Å². The van der Waals surface area contributed by atoms with Gasteiger partial charge >= 0.3 is 5.97 Å². The average molecular weight is 384 g/mol. The van der Waals surface area contributed by atoms with Crippen molar-refractivity contribution < 1.29 is 19.4 Å². The SMILES string of the molecule is CSc1ccccc1C(=O)/C=C/c1cc(C)c(C(=O)O)c(C)c1OC(C)C. The van der Waals surface area contributed by atoms with Crippen LogP contribution in [0, 0.1) is 13.8 Å². The second-order valence-corrected chi connectivity index (χ2v) is 7.33. The van der Waals surface area contributed by atoms with Gasteiger partial charge in [0.2, 0.25) is 0 Å². The summed E-state index contributed by atoms with van der Waals surface area (Å²) in [5.41, 5.74) is 2.77. The minimum atomic E-state index is -0.987. The lowest BCUT2D eigenvalue weighted by atomic mass is 9.97. The topological polar surface area (TPSA) is 63.6 Å². The molecule has 0 aromatic heterocycles. The fraction of sp³-hybridized carbons (Fsp3) is 0.273. The van der Waals surface area contributed by atoms with Gasteiger partial charge in [-0.15, -0.1) is 11.8 Å². The number of carboxylic acids is 1. The first kappa shape index (κ1) is 20.8. The van der Waals surface area contributed by atoms with E-state index < -0.39 is 5.97 Å². The van der Waals surface area contributed by atoms with Gasteiger partial charge in [-0.1, -0.05) is 12.1 Å². The Hall–Kier alpha value is -2.53. The van der Waals surface area contributed by atoms with E-state index in [0.29, 0.717) is 28.0 Å². The molecule has 0 saturated carbocycles. The minimum Gasteiger partial charge on any atom is -0.490 e. The monoisotopic (exact) mass is 384 g/mol. The summed E-state index contributed by atoms with van der Waals surface area (Å²) in [4.78, 5) is 25.1. The highest BCUT2D eigenvalue weighted by molar-refractivity contribution is 7.98. The smallest absolute Gasteiger partial charge is 0.336 e. The van der Waals surface area contributed by atoms with Crippen molar-refractivity contribution in [2.24, 2.45) is 0 Å². The predicted molar refractivity (Wildman–Crippen MR) is 110 cm³/mol. The normalized spacial score (nSPS) is 11.2. The zero-order valence-corrected chi connectivity index (χ0v) is 17.0. The molecule has 0 aliphatic heterocycles. The molecule has 2 rings (SSSR count). The quantitative estimate of drug-likeness (QED) is 0.393. The van der Waals surface area contributed by atoms with Crippen LogP contribution in [0.4, 0.5) is 0 Å². The van der Waals surface area contributed by atoms with Crippen molar-refractivity contribution in [2.45, 2.75) is 38.7 Å². The number of carbonyl (C=O) groups is 2. The number of carboxylic acid groups (broad SMARTS) is 1. The third-order valence-electron chi connectivity index (χ3n) is 4.10. The molecule has 0 fully saturated rings. The van der Waals surface area contributed by atoms with Gasteiger partial charge in [0.25, 0.3) is 0 Å². The first-order valence-corrected chi connectivity index (χ1v) is 9.88. The molecule has 0 atom stereocenters. The van der Waals surface area contributed by atoms with Gasteiger partial charge in [0.15, 0.2) is 5.78 Å². The van der Waals surface area contributed by atoms with Gasteiger partial charge in [-0.2, -0.15) is 0 Å². The van der Waals surface area contributed by atoms with E-state index in [1.807, 2.05) is 38.3 Å². The maximum atomic E-state index is 12.6. The van der Waals surface area contributed by atoms with Crippen LogP contribution < -0.4 is 4.74 Å². The van der Waals surface area contributed by atoms with E-state index >= 15 is 0 Å². The van der Waals surface area contributed by atoms with Crippen molar-refractivity contribution in [1.82, 2.24) is 0 Å². The Morgan fingerprint density at radius 1 is 1.19 bits per heavy atom. The van der Waals surface area contributed by atoms with E-state index in [0.717, 1.165) is 4.90 Å². The predicted octanol–water partition coefficient (Wildman–Crippen LogP) is 5.41. The maximum absolute atomic E-state index is 12.6. The molecule has 0 radical (unpaired) electrons. The Morgan fingerprint density at radius 3 is 2.44 bits per heavy atom. The fourth-order valence-corrected chi connectivity index (χ4v) is 3.55. The highest BCUT2D eigenvalue weighted by atomic mass is 32.2. The Balaban J connectivity index is 2.49. The standard InChI is InChI=1S/C22H24O4S/c1-13(2)26-21-15(4)20(22(24)25)14(3)12-16(21)10-11-18(23)17-8-6-7-9-19(17)27-5/h6-13H,1-5H3,(H,24,25)/b11-10+. The summed E-state index contributed by atoms with van der Waals surface area (Å²) < 4.78 is 5.87. The first-order valence-electron chi connectivity index (χ1n) is 8.65. The second kappa shape index (κ2) is 8.91. The molecule has 0 heterocycles. The van der Waals surface area contributed by atoms with E-state index in [4.69, 9.17) is 4.74 Å². The number of thioether (sulfide) groups is 1. The number of rotatable bonds is 7. The van der Waals surface area contributed by atoms with E-state index in [1.54, 1.807) is 32.1 Å². The van der Waals surface area contributed by atoms with Gasteiger partial charge in [-0.3, -0.25) is 4.79 Å². The van der Waals surface area contributed by atoms with Crippen molar-refractivity contribution in [3.05, 3.63) is 64.2 Å². The van der Waals surface area contributed by atoms with Crippen molar-refractivity contribution in [3.63, 3.8) is 0 Å². The summed E-state index contributed by atoms with van der Waals surface area (Å²) in [5, 5.41) is 9.49. The highest BCUT2D eigenvalue weighted by Crippen LogP contribution is 2.32. The number of hydrogen-bond acceptors (Lipinski definition) is 4. The zero-order valence-electron chi connectivity index (χ0n) is 16.2. The first-order chi connectivity index (χ1) is 12.8. The van der Waals surface area contributed by atoms with Gasteiger partial charge in [0.05, 0.1) is 11.7 Å². The molecular formula is C22H24O4S. The number of aryl methyl sites for hydroxylation is 1. The van der Waals surface area contributed by atoms with Gasteiger partial charge < -0.3 is 9.84 Å². The number of benzene rings is 2. The van der Waals surface area contributed by atoms with Crippen LogP contribution in [-0.2, 0) is 0 Å². The van der Waals surface area contributed by atoms with Crippen molar-refractivity contribution in [1.29, 1.82) is 0 Å². The van der Waals surface area contributed by atoms with Crippen LogP contribution in [0.15, 0.2) is 41.3 Å². The fourth-order valence-electron chi connectivity index (χ4n) is 2.95. The molecule has 0 saturated heterocycles. The van der Waals surface area contributed by atoms with Crippen LogP contribution in [0.5, 0.6) is 5.75 Å². The molecule has 0 aliphatic rings. The molecule has 142 valence electrons. The lowest BCUT2D eigenvalue weighted by Crippen LogP contribution is -2.12. The molecule has 0 spiro atoms. The highest BCUT2D eigenvalue weighted by Gasteiger charge is 2.19. The molecule has 0 aliphatic carbocycles. The van der Waals surface area contributed by atoms with Gasteiger partial charge in [0.1, 0.15) is 5.75 Å². The summed E-state index contributed by atoms with van der Waals surface area (Å²) in [6.07, 6.45) is 5.02. The van der Waals surface area contributed by atoms with Crippen molar-refractivity contribution in [2.75, 3.05) is 6.26 Å². The molecule has 4 nitrogen and oxygen atoms in total. The number of carbonyl (C=O) groups excluding carboxylic acids is 1. The molecule has 2 aromatic rings. The Bertz CT molecular complexity index is 897. The molecule has 0 unspecified atom stereocenters. The Kier molecular flexibility index (Phi) is 6.86. The molecule has 2 aromatic carbocycles. The summed E-state index contributed by atoms with van der Waals surface area (Å²) in [6.45, 7) is 7.24. The van der Waals surface area contributed by atoms with Crippen LogP contribution in [0.1, 0.15) is 51.3 Å². The van der Waals surface area contributed by atoms with E-state index in [2.05, 4.69) is 0 Å². The van der Waals surface area contributed by atoms with Crippen molar-refractivity contribution in [3.8, 4) is 5.75 Å². The Morgan fingerprint density at radius 2 is 1.85 bits per heavy atom. The van der Waals surface area contributed by atoms with Crippen LogP contribution in [-0.4, -0.2) is 29.2 Å². The van der Waals surface area contributed by atoms with Crippen LogP contribution in [0.25, 0.3) is 6.08 Å². The van der Waals surface area contributed by atoms with Gasteiger partial charge in [-0.05, 0) is 69.9 Å². The maximum Gasteiger partial charge on any atom is 0.336 e. The number of allylic oxidation sites excluding steroid dienone is 1. The summed E-state index contributed by atoms with van der Waals surface area (Å²) in [7, 11) is 0. The summed E-state index contributed by atoms with van der Waals surface area (Å²) in [5.74, 6) is -0.595. The molecular weight excluding hydrogens is 360 g/mol. The Labute approximate surface area is 164 Å². The van der Waals surface area contributed by atoms with Crippen molar-refractivity contribution >= 4 is 29.6 Å². The summed E-state index contributed by atoms with van der Waals surface area (Å²) in [6, 6.07) is 9.20. The number of ether oxygens (including phenoxy) is 1. The second-order valence-electron chi connectivity index (χ2n) is 6.48. The third kappa shape index (κ3) is 4.80. The molecule has 27 heavy (non-hydrogen) atoms. The lowest BCUT2D eigenvalue weighted by Gasteiger charge is -2.18. The zero-order chi connectivity index (χ0) is 20.1. The number of ketones is 1. The molecule has 0 amide bonds. The number of aromatic carboxylic acids is 1. The van der Waals surface area contributed by atoms with Gasteiger partial charge in [0, 0.05) is 21.6 Å². The van der Waals surface area contributed by atoms with Crippen LogP contribution in [0.2, 0.25) is 0 Å².